The van der Waals surface area contributed by atoms with Crippen LogP contribution in [0.3, 0.4) is 0 Å². The van der Waals surface area contributed by atoms with Gasteiger partial charge in [-0.3, -0.25) is 0 Å². The molecule has 19 heavy (non-hydrogen) atoms. The molecule has 1 aliphatic rings. The first-order valence-corrected chi connectivity index (χ1v) is 6.74. The maximum atomic E-state index is 12.4. The number of aliphatic hydroxyl groups excluding tert-OH is 1. The van der Waals surface area contributed by atoms with Crippen molar-refractivity contribution in [3.05, 3.63) is 0 Å². The van der Waals surface area contributed by atoms with E-state index in [-0.39, 0.29) is 19.2 Å². The van der Waals surface area contributed by atoms with Crippen molar-refractivity contribution in [1.29, 1.82) is 0 Å². The fourth-order valence-corrected chi connectivity index (χ4v) is 2.76. The molecule has 0 bridgehead atoms. The maximum absolute atomic E-state index is 12.4. The minimum atomic E-state index is -0.960. The molecule has 1 rings (SSSR count). The largest absolute Gasteiger partial charge is 0.480 e. The van der Waals surface area contributed by atoms with Gasteiger partial charge >= 0.3 is 12.0 Å². The minimum absolute atomic E-state index is 0.117. The summed E-state index contributed by atoms with van der Waals surface area (Å²) in [5, 5.41) is 18.4. The molecular formula is C13H24N2O4. The van der Waals surface area contributed by atoms with Gasteiger partial charge in [0.2, 0.25) is 0 Å². The molecule has 0 aromatic heterocycles. The van der Waals surface area contributed by atoms with Crippen LogP contribution in [0.1, 0.15) is 33.6 Å². The standard InChI is InChI=1S/C13H24N2O4/c1-4-14(8-9-16)12(19)15-7-5-6-13(2,3)10(15)11(17)18/h10,16H,4-9H2,1-3H3,(H,17,18). The second kappa shape index (κ2) is 6.23. The molecule has 2 N–H and O–H groups in total. The first-order chi connectivity index (χ1) is 8.85. The van der Waals surface area contributed by atoms with E-state index in [9.17, 15) is 14.7 Å². The smallest absolute Gasteiger partial charge is 0.327 e. The third kappa shape index (κ3) is 3.37. The van der Waals surface area contributed by atoms with E-state index in [1.165, 1.54) is 9.80 Å². The lowest BCUT2D eigenvalue weighted by Gasteiger charge is -2.45. The predicted octanol–water partition coefficient (Wildman–Crippen LogP) is 0.996. The molecule has 0 aliphatic carbocycles. The van der Waals surface area contributed by atoms with Gasteiger partial charge in [0.25, 0.3) is 0 Å². The van der Waals surface area contributed by atoms with Gasteiger partial charge in [-0.15, -0.1) is 0 Å². The summed E-state index contributed by atoms with van der Waals surface area (Å²) in [5.74, 6) is -0.960. The molecule has 1 heterocycles. The topological polar surface area (TPSA) is 81.1 Å². The van der Waals surface area contributed by atoms with Crippen LogP contribution in [0, 0.1) is 5.41 Å². The number of aliphatic carboxylic acids is 1. The quantitative estimate of drug-likeness (QED) is 0.800. The van der Waals surface area contributed by atoms with Gasteiger partial charge in [0.1, 0.15) is 6.04 Å². The Morgan fingerprint density at radius 1 is 1.42 bits per heavy atom. The Morgan fingerprint density at radius 2 is 2.05 bits per heavy atom. The number of piperidine rings is 1. The molecule has 6 heteroatoms. The lowest BCUT2D eigenvalue weighted by atomic mass is 9.76. The van der Waals surface area contributed by atoms with Crippen LogP contribution < -0.4 is 0 Å². The molecule has 0 aromatic rings. The van der Waals surface area contributed by atoms with Gasteiger partial charge in [-0.2, -0.15) is 0 Å². The van der Waals surface area contributed by atoms with Crippen LogP contribution in [0.15, 0.2) is 0 Å². The van der Waals surface area contributed by atoms with Gasteiger partial charge in [-0.25, -0.2) is 9.59 Å². The van der Waals surface area contributed by atoms with Crippen molar-refractivity contribution >= 4 is 12.0 Å². The SMILES string of the molecule is CCN(CCO)C(=O)N1CCCC(C)(C)C1C(=O)O. The second-order valence-corrected chi connectivity index (χ2v) is 5.61. The van der Waals surface area contributed by atoms with Gasteiger partial charge < -0.3 is 20.0 Å². The number of amides is 2. The zero-order chi connectivity index (χ0) is 14.6. The average Bonchev–Trinajstić information content (AvgIpc) is 2.33. The number of urea groups is 1. The van der Waals surface area contributed by atoms with Crippen molar-refractivity contribution < 1.29 is 19.8 Å². The Bertz CT molecular complexity index is 344. The van der Waals surface area contributed by atoms with Crippen molar-refractivity contribution in [3.8, 4) is 0 Å². The normalized spacial score (nSPS) is 22.1. The highest BCUT2D eigenvalue weighted by molar-refractivity contribution is 5.83. The molecule has 1 fully saturated rings. The van der Waals surface area contributed by atoms with E-state index in [1.807, 2.05) is 20.8 Å². The maximum Gasteiger partial charge on any atom is 0.327 e. The molecule has 1 atom stereocenters. The van der Waals surface area contributed by atoms with Gasteiger partial charge in [0, 0.05) is 19.6 Å². The van der Waals surface area contributed by atoms with Gasteiger partial charge in [0.05, 0.1) is 6.61 Å². The number of hydrogen-bond acceptors (Lipinski definition) is 3. The first-order valence-electron chi connectivity index (χ1n) is 6.74. The zero-order valence-electron chi connectivity index (χ0n) is 11.9. The molecule has 0 aromatic carbocycles. The molecule has 1 saturated heterocycles. The summed E-state index contributed by atoms with van der Waals surface area (Å²) >= 11 is 0. The second-order valence-electron chi connectivity index (χ2n) is 5.61. The number of aliphatic hydroxyl groups is 1. The lowest BCUT2D eigenvalue weighted by Crippen LogP contribution is -2.59. The minimum Gasteiger partial charge on any atom is -0.480 e. The van der Waals surface area contributed by atoms with Crippen LogP contribution in [0.5, 0.6) is 0 Å². The van der Waals surface area contributed by atoms with E-state index >= 15 is 0 Å². The Kier molecular flexibility index (Phi) is 5.17. The number of likely N-dealkylation sites (N-methyl/N-ethyl adjacent to an activating group) is 1. The number of carbonyl (C=O) groups is 2. The van der Waals surface area contributed by atoms with Crippen LogP contribution in [0.2, 0.25) is 0 Å². The molecule has 0 saturated carbocycles. The van der Waals surface area contributed by atoms with E-state index in [0.717, 1.165) is 12.8 Å². The van der Waals surface area contributed by atoms with Crippen LogP contribution in [0.25, 0.3) is 0 Å². The van der Waals surface area contributed by atoms with E-state index in [0.29, 0.717) is 13.1 Å². The van der Waals surface area contributed by atoms with Crippen molar-refractivity contribution in [2.75, 3.05) is 26.2 Å². The van der Waals surface area contributed by atoms with E-state index in [4.69, 9.17) is 5.11 Å². The number of likely N-dealkylation sites (tertiary alicyclic amines) is 1. The van der Waals surface area contributed by atoms with Crippen molar-refractivity contribution in [1.82, 2.24) is 9.80 Å². The van der Waals surface area contributed by atoms with Gasteiger partial charge in [-0.05, 0) is 25.2 Å². The van der Waals surface area contributed by atoms with Crippen LogP contribution in [-0.4, -0.2) is 64.3 Å². The average molecular weight is 272 g/mol. The summed E-state index contributed by atoms with van der Waals surface area (Å²) in [5.41, 5.74) is -0.432. The fourth-order valence-electron chi connectivity index (χ4n) is 2.76. The van der Waals surface area contributed by atoms with Crippen molar-refractivity contribution in [2.24, 2.45) is 5.41 Å². The molecule has 1 unspecified atom stereocenters. The first kappa shape index (κ1) is 15.8. The molecule has 0 spiro atoms. The number of carboxylic acids is 1. The Balaban J connectivity index is 2.95. The molecule has 2 amide bonds. The number of carboxylic acid groups (broad SMARTS) is 1. The number of nitrogens with zero attached hydrogens (tertiary/aromatic N) is 2. The Hall–Kier alpha value is -1.30. The molecule has 110 valence electrons. The van der Waals surface area contributed by atoms with E-state index in [1.54, 1.807) is 0 Å². The molecule has 0 radical (unpaired) electrons. The lowest BCUT2D eigenvalue weighted by molar-refractivity contribution is -0.148. The van der Waals surface area contributed by atoms with Crippen LogP contribution in [0.4, 0.5) is 4.79 Å². The third-order valence-electron chi connectivity index (χ3n) is 3.77. The highest BCUT2D eigenvalue weighted by Gasteiger charge is 2.45. The highest BCUT2D eigenvalue weighted by atomic mass is 16.4. The predicted molar refractivity (Wildman–Crippen MR) is 70.9 cm³/mol. The Morgan fingerprint density at radius 3 is 2.53 bits per heavy atom. The van der Waals surface area contributed by atoms with Crippen molar-refractivity contribution in [3.63, 3.8) is 0 Å². The van der Waals surface area contributed by atoms with E-state index < -0.39 is 17.4 Å². The summed E-state index contributed by atoms with van der Waals surface area (Å²) in [7, 11) is 0. The summed E-state index contributed by atoms with van der Waals surface area (Å²) in [6.45, 7) is 6.62. The van der Waals surface area contributed by atoms with Crippen LogP contribution >= 0.6 is 0 Å². The number of carbonyl (C=O) groups excluding carboxylic acids is 1. The number of rotatable bonds is 4. The van der Waals surface area contributed by atoms with E-state index in [2.05, 4.69) is 0 Å². The number of hydrogen-bond donors (Lipinski definition) is 2. The van der Waals surface area contributed by atoms with Gasteiger partial charge in [0.15, 0.2) is 0 Å². The Labute approximate surface area is 114 Å². The van der Waals surface area contributed by atoms with Gasteiger partial charge in [-0.1, -0.05) is 13.8 Å². The summed E-state index contributed by atoms with van der Waals surface area (Å²) in [6.07, 6.45) is 1.60. The highest BCUT2D eigenvalue weighted by Crippen LogP contribution is 2.35. The molecular weight excluding hydrogens is 248 g/mol. The summed E-state index contributed by atoms with van der Waals surface area (Å²) in [4.78, 5) is 26.8. The zero-order valence-corrected chi connectivity index (χ0v) is 11.9. The van der Waals surface area contributed by atoms with Crippen molar-refractivity contribution in [2.45, 2.75) is 39.7 Å². The molecule has 6 nitrogen and oxygen atoms in total. The summed E-state index contributed by atoms with van der Waals surface area (Å²) in [6, 6.07) is -1.10. The van der Waals surface area contributed by atoms with Crippen LogP contribution in [-0.2, 0) is 4.79 Å². The summed E-state index contributed by atoms with van der Waals surface area (Å²) < 4.78 is 0. The third-order valence-corrected chi connectivity index (χ3v) is 3.77. The molecule has 1 aliphatic heterocycles. The monoisotopic (exact) mass is 272 g/mol. The fraction of sp³-hybridized carbons (Fsp3) is 0.846.